The van der Waals surface area contributed by atoms with Crippen molar-refractivity contribution in [3.63, 3.8) is 0 Å². The van der Waals surface area contributed by atoms with Gasteiger partial charge in [0.1, 0.15) is 5.82 Å². The Hall–Kier alpha value is -1.91. The second kappa shape index (κ2) is 7.54. The molecule has 2 heterocycles. The molecule has 0 spiro atoms. The highest BCUT2D eigenvalue weighted by atomic mass is 19.1. The van der Waals surface area contributed by atoms with E-state index in [1.54, 1.807) is 17.0 Å². The molecule has 2 saturated heterocycles. The smallest absolute Gasteiger partial charge is 0.228 e. The van der Waals surface area contributed by atoms with Crippen molar-refractivity contribution in [3.05, 3.63) is 35.6 Å². The number of halogens is 1. The average Bonchev–Trinajstić information content (AvgIpc) is 2.93. The molecule has 0 bridgehead atoms. The van der Waals surface area contributed by atoms with E-state index in [0.717, 1.165) is 25.1 Å². The van der Waals surface area contributed by atoms with Crippen LogP contribution in [0.1, 0.15) is 32.3 Å². The first-order chi connectivity index (χ1) is 11.9. The lowest BCUT2D eigenvalue weighted by molar-refractivity contribution is -0.138. The number of hydrogen-bond donors (Lipinski definition) is 0. The Morgan fingerprint density at radius 2 is 1.76 bits per heavy atom. The van der Waals surface area contributed by atoms with Gasteiger partial charge in [0.05, 0.1) is 5.92 Å². The average molecular weight is 346 g/mol. The van der Waals surface area contributed by atoms with Crippen LogP contribution in [0.2, 0.25) is 0 Å². The van der Waals surface area contributed by atoms with Gasteiger partial charge in [-0.25, -0.2) is 4.39 Å². The van der Waals surface area contributed by atoms with E-state index in [9.17, 15) is 14.0 Å². The van der Waals surface area contributed by atoms with Crippen molar-refractivity contribution in [1.29, 1.82) is 0 Å². The molecule has 25 heavy (non-hydrogen) atoms. The van der Waals surface area contributed by atoms with Gasteiger partial charge in [-0.05, 0) is 42.4 Å². The summed E-state index contributed by atoms with van der Waals surface area (Å²) < 4.78 is 13.0. The van der Waals surface area contributed by atoms with Crippen LogP contribution in [0, 0.1) is 23.6 Å². The second-order valence-electron chi connectivity index (χ2n) is 7.81. The molecule has 1 aromatic rings. The van der Waals surface area contributed by atoms with Crippen LogP contribution < -0.4 is 0 Å². The highest BCUT2D eigenvalue weighted by Crippen LogP contribution is 2.26. The minimum atomic E-state index is -0.253. The summed E-state index contributed by atoms with van der Waals surface area (Å²) in [4.78, 5) is 28.8. The summed E-state index contributed by atoms with van der Waals surface area (Å²) in [5.74, 6) is 0.781. The predicted molar refractivity (Wildman–Crippen MR) is 94.3 cm³/mol. The van der Waals surface area contributed by atoms with Gasteiger partial charge in [0.25, 0.3) is 0 Å². The Labute approximate surface area is 149 Å². The SMILES string of the molecule is C[C@@H]1C[C@@H](C)CN(C(=O)[C@H]2CC(=O)N(CCc3ccc(F)cc3)C2)C1. The fourth-order valence-electron chi connectivity index (χ4n) is 4.17. The fraction of sp³-hybridized carbons (Fsp3) is 0.600. The first-order valence-electron chi connectivity index (χ1n) is 9.23. The Bertz CT molecular complexity index is 621. The van der Waals surface area contributed by atoms with Crippen molar-refractivity contribution in [3.8, 4) is 0 Å². The maximum atomic E-state index is 13.0. The van der Waals surface area contributed by atoms with Crippen molar-refractivity contribution in [2.45, 2.75) is 33.1 Å². The molecule has 5 heteroatoms. The van der Waals surface area contributed by atoms with Gasteiger partial charge in [0.15, 0.2) is 0 Å². The molecule has 0 unspecified atom stereocenters. The molecule has 4 nitrogen and oxygen atoms in total. The van der Waals surface area contributed by atoms with E-state index in [2.05, 4.69) is 13.8 Å². The largest absolute Gasteiger partial charge is 0.342 e. The topological polar surface area (TPSA) is 40.6 Å². The lowest BCUT2D eigenvalue weighted by Crippen LogP contribution is -2.45. The second-order valence-corrected chi connectivity index (χ2v) is 7.81. The van der Waals surface area contributed by atoms with Crippen molar-refractivity contribution < 1.29 is 14.0 Å². The van der Waals surface area contributed by atoms with Crippen molar-refractivity contribution >= 4 is 11.8 Å². The third-order valence-corrected chi connectivity index (χ3v) is 5.33. The highest BCUT2D eigenvalue weighted by Gasteiger charge is 2.37. The van der Waals surface area contributed by atoms with Crippen LogP contribution in [0.25, 0.3) is 0 Å². The predicted octanol–water partition coefficient (Wildman–Crippen LogP) is 2.72. The molecule has 3 rings (SSSR count). The molecule has 2 aliphatic rings. The van der Waals surface area contributed by atoms with E-state index < -0.39 is 0 Å². The van der Waals surface area contributed by atoms with Gasteiger partial charge in [-0.2, -0.15) is 0 Å². The maximum absolute atomic E-state index is 13.0. The number of rotatable bonds is 4. The van der Waals surface area contributed by atoms with Crippen LogP contribution in [0.5, 0.6) is 0 Å². The molecule has 0 saturated carbocycles. The van der Waals surface area contributed by atoms with Crippen LogP contribution in [0.4, 0.5) is 4.39 Å². The molecule has 0 aliphatic carbocycles. The van der Waals surface area contributed by atoms with E-state index in [1.165, 1.54) is 12.1 Å². The normalized spacial score (nSPS) is 27.0. The molecule has 2 fully saturated rings. The molecule has 2 aliphatic heterocycles. The van der Waals surface area contributed by atoms with Gasteiger partial charge in [-0.1, -0.05) is 26.0 Å². The quantitative estimate of drug-likeness (QED) is 0.841. The fourth-order valence-corrected chi connectivity index (χ4v) is 4.17. The third kappa shape index (κ3) is 4.39. The number of nitrogens with zero attached hydrogens (tertiary/aromatic N) is 2. The summed E-state index contributed by atoms with van der Waals surface area (Å²) in [6.45, 7) is 7.08. The van der Waals surface area contributed by atoms with E-state index in [-0.39, 0.29) is 23.5 Å². The molecule has 0 radical (unpaired) electrons. The standard InChI is InChI=1S/C20H27FN2O2/c1-14-9-15(2)12-23(11-14)20(25)17-10-19(24)22(13-17)8-7-16-3-5-18(21)6-4-16/h3-6,14-15,17H,7-13H2,1-2H3/t14-,15-,17+/m1/s1. The summed E-state index contributed by atoms with van der Waals surface area (Å²) >= 11 is 0. The van der Waals surface area contributed by atoms with Crippen LogP contribution in [0.15, 0.2) is 24.3 Å². The number of amides is 2. The first kappa shape index (κ1) is 17.9. The number of carbonyl (C=O) groups excluding carboxylic acids is 2. The Kier molecular flexibility index (Phi) is 5.40. The molecular formula is C20H27FN2O2. The zero-order valence-electron chi connectivity index (χ0n) is 15.1. The van der Waals surface area contributed by atoms with E-state index in [1.807, 2.05) is 4.90 Å². The van der Waals surface area contributed by atoms with E-state index in [0.29, 0.717) is 37.8 Å². The minimum absolute atomic E-state index is 0.0542. The van der Waals surface area contributed by atoms with Gasteiger partial charge in [0.2, 0.25) is 11.8 Å². The van der Waals surface area contributed by atoms with Crippen LogP contribution >= 0.6 is 0 Å². The lowest BCUT2D eigenvalue weighted by atomic mass is 9.91. The molecule has 1 aromatic carbocycles. The zero-order valence-corrected chi connectivity index (χ0v) is 15.1. The Morgan fingerprint density at radius 1 is 1.12 bits per heavy atom. The van der Waals surface area contributed by atoms with Gasteiger partial charge < -0.3 is 9.80 Å². The number of likely N-dealkylation sites (tertiary alicyclic amines) is 2. The molecule has 0 aromatic heterocycles. The minimum Gasteiger partial charge on any atom is -0.342 e. The van der Waals surface area contributed by atoms with Crippen LogP contribution in [0.3, 0.4) is 0 Å². The lowest BCUT2D eigenvalue weighted by Gasteiger charge is -2.36. The summed E-state index contributed by atoms with van der Waals surface area (Å²) in [5, 5.41) is 0. The molecule has 2 amide bonds. The summed E-state index contributed by atoms with van der Waals surface area (Å²) in [6, 6.07) is 6.36. The first-order valence-corrected chi connectivity index (χ1v) is 9.23. The van der Waals surface area contributed by atoms with Gasteiger partial charge in [0, 0.05) is 32.6 Å². The molecular weight excluding hydrogens is 319 g/mol. The van der Waals surface area contributed by atoms with E-state index in [4.69, 9.17) is 0 Å². The van der Waals surface area contributed by atoms with Crippen molar-refractivity contribution in [2.24, 2.45) is 17.8 Å². The number of benzene rings is 1. The summed E-state index contributed by atoms with van der Waals surface area (Å²) in [7, 11) is 0. The van der Waals surface area contributed by atoms with E-state index >= 15 is 0 Å². The molecule has 0 N–H and O–H groups in total. The van der Waals surface area contributed by atoms with Gasteiger partial charge in [-0.15, -0.1) is 0 Å². The maximum Gasteiger partial charge on any atom is 0.228 e. The Morgan fingerprint density at radius 3 is 2.40 bits per heavy atom. The van der Waals surface area contributed by atoms with Gasteiger partial charge >= 0.3 is 0 Å². The molecule has 3 atom stereocenters. The van der Waals surface area contributed by atoms with Crippen LogP contribution in [-0.4, -0.2) is 47.8 Å². The van der Waals surface area contributed by atoms with Crippen LogP contribution in [-0.2, 0) is 16.0 Å². The molecule has 136 valence electrons. The number of carbonyl (C=O) groups is 2. The van der Waals surface area contributed by atoms with Crippen molar-refractivity contribution in [1.82, 2.24) is 9.80 Å². The number of hydrogen-bond acceptors (Lipinski definition) is 2. The van der Waals surface area contributed by atoms with Crippen molar-refractivity contribution in [2.75, 3.05) is 26.2 Å². The third-order valence-electron chi connectivity index (χ3n) is 5.33. The summed E-state index contributed by atoms with van der Waals surface area (Å²) in [5.41, 5.74) is 1.00. The zero-order chi connectivity index (χ0) is 18.0. The Balaban J connectivity index is 1.54. The summed E-state index contributed by atoms with van der Waals surface area (Å²) in [6.07, 6.45) is 2.17. The highest BCUT2D eigenvalue weighted by molar-refractivity contribution is 5.89. The number of piperidine rings is 1. The monoisotopic (exact) mass is 346 g/mol. The van der Waals surface area contributed by atoms with Gasteiger partial charge in [-0.3, -0.25) is 9.59 Å².